The van der Waals surface area contributed by atoms with Crippen molar-refractivity contribution in [3.05, 3.63) is 49.6 Å². The van der Waals surface area contributed by atoms with Gasteiger partial charge < -0.3 is 10.5 Å². The van der Waals surface area contributed by atoms with E-state index in [1.165, 1.54) is 4.88 Å². The van der Waals surface area contributed by atoms with Gasteiger partial charge in [-0.1, -0.05) is 12.2 Å². The Morgan fingerprint density at radius 1 is 1.32 bits per heavy atom. The van der Waals surface area contributed by atoms with Gasteiger partial charge in [0.05, 0.1) is 3.79 Å². The maximum atomic E-state index is 5.91. The molecule has 2 N–H and O–H groups in total. The highest BCUT2D eigenvalue weighted by atomic mass is 79.9. The summed E-state index contributed by atoms with van der Waals surface area (Å²) in [5.41, 5.74) is 8.65. The zero-order valence-corrected chi connectivity index (χ0v) is 13.9. The lowest BCUT2D eigenvalue weighted by Gasteiger charge is -2.13. The van der Waals surface area contributed by atoms with Crippen LogP contribution in [0.5, 0.6) is 5.75 Å². The summed E-state index contributed by atoms with van der Waals surface area (Å²) in [6.45, 7) is 4.59. The van der Waals surface area contributed by atoms with Crippen molar-refractivity contribution >= 4 is 44.5 Å². The van der Waals surface area contributed by atoms with Crippen LogP contribution in [0.2, 0.25) is 0 Å². The van der Waals surface area contributed by atoms with E-state index in [1.807, 2.05) is 32.0 Å². The standard InChI is InChI=1S/C14H14BrNOS2/c1-8-5-10(14(16)18)6-9(2)13(8)17-7-11-3-4-12(15)19-11/h3-6H,7H2,1-2H3,(H2,16,18). The van der Waals surface area contributed by atoms with Gasteiger partial charge in [-0.2, -0.15) is 0 Å². The van der Waals surface area contributed by atoms with Crippen LogP contribution < -0.4 is 10.5 Å². The summed E-state index contributed by atoms with van der Waals surface area (Å²) in [7, 11) is 0. The second-order valence-electron chi connectivity index (χ2n) is 4.30. The summed E-state index contributed by atoms with van der Waals surface area (Å²) in [6, 6.07) is 8.02. The zero-order chi connectivity index (χ0) is 14.0. The summed E-state index contributed by atoms with van der Waals surface area (Å²) in [6.07, 6.45) is 0. The smallest absolute Gasteiger partial charge is 0.125 e. The van der Waals surface area contributed by atoms with E-state index in [1.54, 1.807) is 11.3 Å². The Hall–Kier alpha value is -0.910. The highest BCUT2D eigenvalue weighted by Gasteiger charge is 2.09. The third-order valence-electron chi connectivity index (χ3n) is 2.73. The molecule has 0 bridgehead atoms. The number of benzene rings is 1. The summed E-state index contributed by atoms with van der Waals surface area (Å²) in [5.74, 6) is 0.907. The quantitative estimate of drug-likeness (QED) is 0.828. The molecule has 0 unspecified atom stereocenters. The van der Waals surface area contributed by atoms with Gasteiger partial charge in [0.2, 0.25) is 0 Å². The number of halogens is 1. The number of aryl methyl sites for hydroxylation is 2. The summed E-state index contributed by atoms with van der Waals surface area (Å²) < 4.78 is 7.02. The molecule has 1 heterocycles. The minimum atomic E-state index is 0.417. The van der Waals surface area contributed by atoms with E-state index in [-0.39, 0.29) is 0 Å². The van der Waals surface area contributed by atoms with E-state index in [9.17, 15) is 0 Å². The number of hydrogen-bond acceptors (Lipinski definition) is 3. The molecule has 2 rings (SSSR count). The Labute approximate surface area is 130 Å². The van der Waals surface area contributed by atoms with Crippen LogP contribution in [0.25, 0.3) is 0 Å². The number of rotatable bonds is 4. The highest BCUT2D eigenvalue weighted by Crippen LogP contribution is 2.28. The summed E-state index contributed by atoms with van der Waals surface area (Å²) >= 11 is 10.1. The van der Waals surface area contributed by atoms with Gasteiger partial charge in [-0.25, -0.2) is 0 Å². The number of nitrogens with two attached hydrogens (primary N) is 1. The van der Waals surface area contributed by atoms with Gasteiger partial charge in [-0.15, -0.1) is 11.3 Å². The molecule has 0 radical (unpaired) electrons. The first kappa shape index (κ1) is 14.5. The topological polar surface area (TPSA) is 35.2 Å². The molecule has 0 atom stereocenters. The largest absolute Gasteiger partial charge is 0.488 e. The molecule has 0 aliphatic rings. The molecule has 0 aliphatic heterocycles. The minimum Gasteiger partial charge on any atom is -0.488 e. The molecular formula is C14H14BrNOS2. The molecule has 2 nitrogen and oxygen atoms in total. The van der Waals surface area contributed by atoms with Crippen molar-refractivity contribution in [2.45, 2.75) is 20.5 Å². The van der Waals surface area contributed by atoms with Gasteiger partial charge >= 0.3 is 0 Å². The van der Waals surface area contributed by atoms with Crippen molar-refractivity contribution in [2.24, 2.45) is 5.73 Å². The zero-order valence-electron chi connectivity index (χ0n) is 10.7. The van der Waals surface area contributed by atoms with Crippen LogP contribution in [0.1, 0.15) is 21.6 Å². The van der Waals surface area contributed by atoms with E-state index in [0.29, 0.717) is 11.6 Å². The van der Waals surface area contributed by atoms with Crippen molar-refractivity contribution < 1.29 is 4.74 Å². The second kappa shape index (κ2) is 6.03. The maximum absolute atomic E-state index is 5.91. The Balaban J connectivity index is 2.18. The normalized spacial score (nSPS) is 10.5. The fourth-order valence-electron chi connectivity index (χ4n) is 1.89. The molecule has 1 aromatic heterocycles. The SMILES string of the molecule is Cc1cc(C(N)=S)cc(C)c1OCc1ccc(Br)s1. The van der Waals surface area contributed by atoms with Crippen molar-refractivity contribution in [3.8, 4) is 5.75 Å². The fourth-order valence-corrected chi connectivity index (χ4v) is 3.41. The molecule has 0 aliphatic carbocycles. The van der Waals surface area contributed by atoms with Crippen LogP contribution in [-0.2, 0) is 6.61 Å². The average Bonchev–Trinajstić information content (AvgIpc) is 2.73. The molecule has 2 aromatic rings. The third-order valence-corrected chi connectivity index (χ3v) is 4.57. The summed E-state index contributed by atoms with van der Waals surface area (Å²) in [4.78, 5) is 1.60. The first-order chi connectivity index (χ1) is 8.97. The van der Waals surface area contributed by atoms with Gasteiger partial charge in [0, 0.05) is 10.4 Å². The number of ether oxygens (including phenoxy) is 1. The molecule has 1 aromatic carbocycles. The maximum Gasteiger partial charge on any atom is 0.125 e. The Bertz CT molecular complexity index is 599. The first-order valence-corrected chi connectivity index (χ1v) is 7.77. The highest BCUT2D eigenvalue weighted by molar-refractivity contribution is 9.11. The molecule has 0 saturated carbocycles. The van der Waals surface area contributed by atoms with Crippen molar-refractivity contribution in [1.82, 2.24) is 0 Å². The monoisotopic (exact) mass is 355 g/mol. The van der Waals surface area contributed by atoms with Gasteiger partial charge in [0.1, 0.15) is 17.3 Å². The molecule has 0 spiro atoms. The average molecular weight is 356 g/mol. The van der Waals surface area contributed by atoms with Crippen LogP contribution in [0, 0.1) is 13.8 Å². The molecule has 0 amide bonds. The van der Waals surface area contributed by atoms with Crippen LogP contribution in [0.15, 0.2) is 28.1 Å². The second-order valence-corrected chi connectivity index (χ2v) is 7.29. The minimum absolute atomic E-state index is 0.417. The van der Waals surface area contributed by atoms with E-state index < -0.39 is 0 Å². The van der Waals surface area contributed by atoms with Gasteiger partial charge in [0.25, 0.3) is 0 Å². The summed E-state index contributed by atoms with van der Waals surface area (Å²) in [5, 5.41) is 0. The van der Waals surface area contributed by atoms with Crippen LogP contribution in [0.3, 0.4) is 0 Å². The van der Waals surface area contributed by atoms with Crippen molar-refractivity contribution in [3.63, 3.8) is 0 Å². The molecule has 5 heteroatoms. The third kappa shape index (κ3) is 3.55. The lowest BCUT2D eigenvalue weighted by molar-refractivity contribution is 0.305. The molecule has 100 valence electrons. The van der Waals surface area contributed by atoms with E-state index in [2.05, 4.69) is 22.0 Å². The lowest BCUT2D eigenvalue weighted by Crippen LogP contribution is -2.10. The Morgan fingerprint density at radius 2 is 1.95 bits per heavy atom. The Kier molecular flexibility index (Phi) is 4.60. The molecule has 19 heavy (non-hydrogen) atoms. The molecule has 0 fully saturated rings. The lowest BCUT2D eigenvalue weighted by atomic mass is 10.1. The number of hydrogen-bond donors (Lipinski definition) is 1. The van der Waals surface area contributed by atoms with Crippen LogP contribution >= 0.6 is 39.5 Å². The fraction of sp³-hybridized carbons (Fsp3) is 0.214. The van der Waals surface area contributed by atoms with Gasteiger partial charge in [-0.3, -0.25) is 0 Å². The molecule has 0 saturated heterocycles. The predicted octanol–water partition coefficient (Wildman–Crippen LogP) is 4.34. The van der Waals surface area contributed by atoms with Crippen LogP contribution in [-0.4, -0.2) is 4.99 Å². The number of thiophene rings is 1. The van der Waals surface area contributed by atoms with E-state index in [4.69, 9.17) is 22.7 Å². The van der Waals surface area contributed by atoms with E-state index in [0.717, 1.165) is 26.2 Å². The molecular weight excluding hydrogens is 342 g/mol. The first-order valence-electron chi connectivity index (χ1n) is 5.75. The Morgan fingerprint density at radius 3 is 2.42 bits per heavy atom. The predicted molar refractivity (Wildman–Crippen MR) is 88.2 cm³/mol. The van der Waals surface area contributed by atoms with Crippen molar-refractivity contribution in [1.29, 1.82) is 0 Å². The van der Waals surface area contributed by atoms with E-state index >= 15 is 0 Å². The van der Waals surface area contributed by atoms with Gasteiger partial charge in [-0.05, 0) is 65.2 Å². The van der Waals surface area contributed by atoms with Gasteiger partial charge in [0.15, 0.2) is 0 Å². The van der Waals surface area contributed by atoms with Crippen LogP contribution in [0.4, 0.5) is 0 Å². The number of thiocarbonyl (C=S) groups is 1. The van der Waals surface area contributed by atoms with Crippen molar-refractivity contribution in [2.75, 3.05) is 0 Å².